The minimum atomic E-state index is 0.111. The first-order chi connectivity index (χ1) is 8.69. The van der Waals surface area contributed by atoms with Gasteiger partial charge in [0.1, 0.15) is 0 Å². The summed E-state index contributed by atoms with van der Waals surface area (Å²) in [6.07, 6.45) is 1.68. The molecule has 6 heteroatoms. The number of halogens is 1. The van der Waals surface area contributed by atoms with E-state index in [4.69, 9.17) is 16.3 Å². The highest BCUT2D eigenvalue weighted by atomic mass is 35.5. The maximum atomic E-state index is 5.91. The standard InChI is InChI=1S/C12H14ClN3OS/c1-3-17-11-6-7-14-12(16-11)15-8(2)9-4-5-10(13)18-9/h4-8H,3H2,1-2H3,(H,14,15,16). The molecule has 0 aliphatic heterocycles. The third kappa shape index (κ3) is 3.34. The summed E-state index contributed by atoms with van der Waals surface area (Å²) in [4.78, 5) is 9.57. The number of nitrogens with one attached hydrogen (secondary N) is 1. The van der Waals surface area contributed by atoms with E-state index >= 15 is 0 Å². The topological polar surface area (TPSA) is 47.0 Å². The van der Waals surface area contributed by atoms with E-state index in [2.05, 4.69) is 15.3 Å². The minimum absolute atomic E-state index is 0.111. The number of ether oxygens (including phenoxy) is 1. The molecule has 4 nitrogen and oxygen atoms in total. The van der Waals surface area contributed by atoms with Gasteiger partial charge in [0.25, 0.3) is 0 Å². The molecular weight excluding hydrogens is 270 g/mol. The van der Waals surface area contributed by atoms with Crippen LogP contribution in [0.5, 0.6) is 5.88 Å². The Morgan fingerprint density at radius 3 is 2.94 bits per heavy atom. The van der Waals surface area contributed by atoms with Gasteiger partial charge in [-0.05, 0) is 26.0 Å². The first-order valence-electron chi connectivity index (χ1n) is 5.66. The Hall–Kier alpha value is -1.33. The second-order valence-electron chi connectivity index (χ2n) is 3.66. The average Bonchev–Trinajstić information content (AvgIpc) is 2.77. The van der Waals surface area contributed by atoms with Gasteiger partial charge in [0, 0.05) is 17.1 Å². The molecule has 0 aliphatic rings. The van der Waals surface area contributed by atoms with Crippen LogP contribution in [0.15, 0.2) is 24.4 Å². The van der Waals surface area contributed by atoms with Crippen molar-refractivity contribution in [1.82, 2.24) is 9.97 Å². The molecule has 2 aromatic rings. The van der Waals surface area contributed by atoms with Gasteiger partial charge in [-0.3, -0.25) is 0 Å². The van der Waals surface area contributed by atoms with Crippen molar-refractivity contribution >= 4 is 28.9 Å². The number of thiophene rings is 1. The van der Waals surface area contributed by atoms with Gasteiger partial charge in [0.15, 0.2) is 0 Å². The largest absolute Gasteiger partial charge is 0.478 e. The van der Waals surface area contributed by atoms with E-state index in [9.17, 15) is 0 Å². The van der Waals surface area contributed by atoms with E-state index in [0.717, 1.165) is 9.21 Å². The van der Waals surface area contributed by atoms with Gasteiger partial charge >= 0.3 is 0 Å². The molecular formula is C12H14ClN3OS. The van der Waals surface area contributed by atoms with Crippen LogP contribution < -0.4 is 10.1 Å². The SMILES string of the molecule is CCOc1ccnc(NC(C)c2ccc(Cl)s2)n1. The van der Waals surface area contributed by atoms with E-state index in [1.807, 2.05) is 26.0 Å². The summed E-state index contributed by atoms with van der Waals surface area (Å²) in [6, 6.07) is 5.73. The Bertz CT molecular complexity index is 518. The van der Waals surface area contributed by atoms with Gasteiger partial charge in [-0.1, -0.05) is 11.6 Å². The average molecular weight is 284 g/mol. The molecule has 0 aliphatic carbocycles. The van der Waals surface area contributed by atoms with Crippen LogP contribution in [0.3, 0.4) is 0 Å². The predicted octanol–water partition coefficient (Wildman–Crippen LogP) is 3.76. The fourth-order valence-electron chi connectivity index (χ4n) is 1.47. The van der Waals surface area contributed by atoms with Gasteiger partial charge in [-0.2, -0.15) is 4.98 Å². The van der Waals surface area contributed by atoms with Crippen molar-refractivity contribution in [2.24, 2.45) is 0 Å². The quantitative estimate of drug-likeness (QED) is 0.907. The van der Waals surface area contributed by atoms with Crippen LogP contribution >= 0.6 is 22.9 Å². The van der Waals surface area contributed by atoms with E-state index in [-0.39, 0.29) is 6.04 Å². The molecule has 0 spiro atoms. The Morgan fingerprint density at radius 2 is 2.28 bits per heavy atom. The fourth-order valence-corrected chi connectivity index (χ4v) is 2.53. The predicted molar refractivity (Wildman–Crippen MR) is 74.6 cm³/mol. The van der Waals surface area contributed by atoms with Crippen molar-refractivity contribution in [1.29, 1.82) is 0 Å². The van der Waals surface area contributed by atoms with Crippen molar-refractivity contribution in [2.75, 3.05) is 11.9 Å². The zero-order valence-corrected chi connectivity index (χ0v) is 11.8. The fraction of sp³-hybridized carbons (Fsp3) is 0.333. The molecule has 0 saturated carbocycles. The summed E-state index contributed by atoms with van der Waals surface area (Å²) in [5, 5.41) is 3.22. The second-order valence-corrected chi connectivity index (χ2v) is 5.41. The van der Waals surface area contributed by atoms with Crippen molar-refractivity contribution in [3.05, 3.63) is 33.6 Å². The lowest BCUT2D eigenvalue weighted by molar-refractivity contribution is 0.326. The van der Waals surface area contributed by atoms with Gasteiger partial charge in [-0.15, -0.1) is 11.3 Å². The molecule has 0 aromatic carbocycles. The summed E-state index contributed by atoms with van der Waals surface area (Å²) in [5.41, 5.74) is 0. The number of rotatable bonds is 5. The second kappa shape index (κ2) is 6.02. The Labute approximate surface area is 115 Å². The lowest BCUT2D eigenvalue weighted by Crippen LogP contribution is -2.08. The molecule has 2 aromatic heterocycles. The lowest BCUT2D eigenvalue weighted by Gasteiger charge is -2.12. The molecule has 1 atom stereocenters. The Balaban J connectivity index is 2.06. The van der Waals surface area contributed by atoms with Crippen LogP contribution in [0.4, 0.5) is 5.95 Å². The number of aromatic nitrogens is 2. The zero-order valence-electron chi connectivity index (χ0n) is 10.2. The monoisotopic (exact) mass is 283 g/mol. The number of hydrogen-bond donors (Lipinski definition) is 1. The first-order valence-corrected chi connectivity index (χ1v) is 6.86. The van der Waals surface area contributed by atoms with E-state index in [0.29, 0.717) is 18.4 Å². The molecule has 0 amide bonds. The molecule has 0 radical (unpaired) electrons. The third-order valence-electron chi connectivity index (χ3n) is 2.29. The van der Waals surface area contributed by atoms with E-state index < -0.39 is 0 Å². The van der Waals surface area contributed by atoms with Crippen LogP contribution in [0.2, 0.25) is 4.34 Å². The van der Waals surface area contributed by atoms with Crippen LogP contribution in [0, 0.1) is 0 Å². The Kier molecular flexibility index (Phi) is 4.38. The van der Waals surface area contributed by atoms with Crippen LogP contribution in [-0.4, -0.2) is 16.6 Å². The Morgan fingerprint density at radius 1 is 1.44 bits per heavy atom. The highest BCUT2D eigenvalue weighted by molar-refractivity contribution is 7.16. The third-order valence-corrected chi connectivity index (χ3v) is 3.70. The summed E-state index contributed by atoms with van der Waals surface area (Å²) < 4.78 is 6.11. The van der Waals surface area contributed by atoms with Gasteiger partial charge < -0.3 is 10.1 Å². The maximum absolute atomic E-state index is 5.91. The molecule has 0 bridgehead atoms. The van der Waals surface area contributed by atoms with Gasteiger partial charge in [0.05, 0.1) is 17.0 Å². The van der Waals surface area contributed by atoms with Crippen molar-refractivity contribution in [3.8, 4) is 5.88 Å². The van der Waals surface area contributed by atoms with Crippen molar-refractivity contribution in [2.45, 2.75) is 19.9 Å². The van der Waals surface area contributed by atoms with Crippen molar-refractivity contribution in [3.63, 3.8) is 0 Å². The molecule has 0 saturated heterocycles. The number of anilines is 1. The van der Waals surface area contributed by atoms with E-state index in [1.54, 1.807) is 23.6 Å². The van der Waals surface area contributed by atoms with Gasteiger partial charge in [0.2, 0.25) is 11.8 Å². The molecule has 1 unspecified atom stereocenters. The molecule has 0 fully saturated rings. The van der Waals surface area contributed by atoms with E-state index in [1.165, 1.54) is 0 Å². The number of nitrogens with zero attached hydrogens (tertiary/aromatic N) is 2. The molecule has 1 N–H and O–H groups in total. The molecule has 96 valence electrons. The van der Waals surface area contributed by atoms with Crippen LogP contribution in [0.1, 0.15) is 24.8 Å². The maximum Gasteiger partial charge on any atom is 0.226 e. The van der Waals surface area contributed by atoms with Crippen LogP contribution in [-0.2, 0) is 0 Å². The summed E-state index contributed by atoms with van der Waals surface area (Å²) >= 11 is 7.46. The van der Waals surface area contributed by atoms with Crippen molar-refractivity contribution < 1.29 is 4.74 Å². The molecule has 2 heterocycles. The molecule has 18 heavy (non-hydrogen) atoms. The normalized spacial score (nSPS) is 12.2. The summed E-state index contributed by atoms with van der Waals surface area (Å²) in [6.45, 7) is 4.55. The molecule has 2 rings (SSSR count). The van der Waals surface area contributed by atoms with Crippen LogP contribution in [0.25, 0.3) is 0 Å². The first kappa shape index (κ1) is 13.1. The summed E-state index contributed by atoms with van der Waals surface area (Å²) in [5.74, 6) is 1.13. The minimum Gasteiger partial charge on any atom is -0.478 e. The smallest absolute Gasteiger partial charge is 0.226 e. The van der Waals surface area contributed by atoms with Gasteiger partial charge in [-0.25, -0.2) is 4.98 Å². The zero-order chi connectivity index (χ0) is 13.0. The summed E-state index contributed by atoms with van der Waals surface area (Å²) in [7, 11) is 0. The number of hydrogen-bond acceptors (Lipinski definition) is 5. The highest BCUT2D eigenvalue weighted by Gasteiger charge is 2.09. The lowest BCUT2D eigenvalue weighted by atomic mass is 10.3. The highest BCUT2D eigenvalue weighted by Crippen LogP contribution is 2.28.